The van der Waals surface area contributed by atoms with Gasteiger partial charge in [0.2, 0.25) is 0 Å². The SMILES string of the molecule is C=CCO[C@@](O)(CCCC)C(C)(C)C. The molecule has 84 valence electrons. The second-order valence-corrected chi connectivity index (χ2v) is 4.74. The molecule has 0 aromatic heterocycles. The van der Waals surface area contributed by atoms with E-state index in [0.717, 1.165) is 12.8 Å². The Morgan fingerprint density at radius 3 is 2.29 bits per heavy atom. The van der Waals surface area contributed by atoms with Crippen LogP contribution < -0.4 is 0 Å². The van der Waals surface area contributed by atoms with Crippen LogP contribution in [0.25, 0.3) is 0 Å². The Morgan fingerprint density at radius 2 is 1.93 bits per heavy atom. The van der Waals surface area contributed by atoms with Crippen LogP contribution in [-0.2, 0) is 4.74 Å². The third kappa shape index (κ3) is 3.81. The average Bonchev–Trinajstić information content (AvgIpc) is 2.09. The number of rotatable bonds is 6. The van der Waals surface area contributed by atoms with Crippen molar-refractivity contribution < 1.29 is 9.84 Å². The average molecular weight is 200 g/mol. The van der Waals surface area contributed by atoms with E-state index in [1.165, 1.54) is 0 Å². The van der Waals surface area contributed by atoms with Gasteiger partial charge in [0.05, 0.1) is 6.61 Å². The minimum Gasteiger partial charge on any atom is -0.365 e. The van der Waals surface area contributed by atoms with Crippen molar-refractivity contribution in [1.82, 2.24) is 0 Å². The van der Waals surface area contributed by atoms with Gasteiger partial charge < -0.3 is 9.84 Å². The van der Waals surface area contributed by atoms with E-state index in [4.69, 9.17) is 4.74 Å². The first-order valence-corrected chi connectivity index (χ1v) is 5.34. The van der Waals surface area contributed by atoms with Gasteiger partial charge in [0.15, 0.2) is 5.79 Å². The summed E-state index contributed by atoms with van der Waals surface area (Å²) in [6, 6.07) is 0. The lowest BCUT2D eigenvalue weighted by molar-refractivity contribution is -0.259. The highest BCUT2D eigenvalue weighted by Gasteiger charge is 2.40. The Hall–Kier alpha value is -0.340. The van der Waals surface area contributed by atoms with Gasteiger partial charge in [-0.15, -0.1) is 6.58 Å². The lowest BCUT2D eigenvalue weighted by atomic mass is 9.82. The Labute approximate surface area is 88.0 Å². The zero-order valence-electron chi connectivity index (χ0n) is 9.97. The maximum Gasteiger partial charge on any atom is 0.170 e. The fourth-order valence-electron chi connectivity index (χ4n) is 1.28. The van der Waals surface area contributed by atoms with Gasteiger partial charge in [-0.05, 0) is 6.42 Å². The molecule has 0 aliphatic heterocycles. The summed E-state index contributed by atoms with van der Waals surface area (Å²) < 4.78 is 5.48. The summed E-state index contributed by atoms with van der Waals surface area (Å²) in [7, 11) is 0. The van der Waals surface area contributed by atoms with Crippen LogP contribution in [0.15, 0.2) is 12.7 Å². The molecule has 0 bridgehead atoms. The second-order valence-electron chi connectivity index (χ2n) is 4.74. The molecule has 0 radical (unpaired) electrons. The van der Waals surface area contributed by atoms with Crippen LogP contribution in [0.1, 0.15) is 47.0 Å². The fraction of sp³-hybridized carbons (Fsp3) is 0.833. The Morgan fingerprint density at radius 1 is 1.36 bits per heavy atom. The molecule has 0 saturated heterocycles. The summed E-state index contributed by atoms with van der Waals surface area (Å²) in [6.45, 7) is 12.1. The zero-order chi connectivity index (χ0) is 11.2. The molecule has 2 heteroatoms. The van der Waals surface area contributed by atoms with Crippen molar-refractivity contribution in [2.75, 3.05) is 6.61 Å². The molecular weight excluding hydrogens is 176 g/mol. The lowest BCUT2D eigenvalue weighted by Gasteiger charge is -2.39. The van der Waals surface area contributed by atoms with E-state index in [0.29, 0.717) is 13.0 Å². The molecule has 0 aromatic rings. The first kappa shape index (κ1) is 13.7. The van der Waals surface area contributed by atoms with Crippen molar-refractivity contribution in [2.24, 2.45) is 5.41 Å². The molecule has 0 fully saturated rings. The normalized spacial score (nSPS) is 16.4. The van der Waals surface area contributed by atoms with E-state index in [2.05, 4.69) is 13.5 Å². The molecule has 0 aliphatic rings. The van der Waals surface area contributed by atoms with E-state index < -0.39 is 5.79 Å². The van der Waals surface area contributed by atoms with E-state index in [1.54, 1.807) is 6.08 Å². The van der Waals surface area contributed by atoms with Gasteiger partial charge in [-0.2, -0.15) is 0 Å². The van der Waals surface area contributed by atoms with E-state index in [9.17, 15) is 5.11 Å². The highest BCUT2D eigenvalue weighted by Crippen LogP contribution is 2.35. The summed E-state index contributed by atoms with van der Waals surface area (Å²) in [5.41, 5.74) is -0.259. The van der Waals surface area contributed by atoms with Crippen LogP contribution in [0.4, 0.5) is 0 Å². The van der Waals surface area contributed by atoms with E-state index >= 15 is 0 Å². The molecule has 0 aliphatic carbocycles. The molecule has 0 rings (SSSR count). The predicted octanol–water partition coefficient (Wildman–Crippen LogP) is 3.11. The number of unbranched alkanes of at least 4 members (excludes halogenated alkanes) is 1. The summed E-state index contributed by atoms with van der Waals surface area (Å²) in [6.07, 6.45) is 4.39. The van der Waals surface area contributed by atoms with E-state index in [1.807, 2.05) is 20.8 Å². The standard InChI is InChI=1S/C12H24O2/c1-6-8-9-12(13,11(3,4)5)14-10-7-2/h7,13H,2,6,8-10H2,1,3-5H3/t12-/m0/s1. The minimum absolute atomic E-state index is 0.259. The maximum absolute atomic E-state index is 10.3. The quantitative estimate of drug-likeness (QED) is 0.527. The van der Waals surface area contributed by atoms with Crippen molar-refractivity contribution in [1.29, 1.82) is 0 Å². The molecule has 14 heavy (non-hydrogen) atoms. The molecule has 1 atom stereocenters. The topological polar surface area (TPSA) is 29.5 Å². The highest BCUT2D eigenvalue weighted by molar-refractivity contribution is 4.83. The first-order chi connectivity index (χ1) is 6.37. The predicted molar refractivity (Wildman–Crippen MR) is 60.1 cm³/mol. The van der Waals surface area contributed by atoms with Crippen molar-refractivity contribution in [3.8, 4) is 0 Å². The molecule has 0 amide bonds. The molecule has 2 nitrogen and oxygen atoms in total. The summed E-state index contributed by atoms with van der Waals surface area (Å²) >= 11 is 0. The monoisotopic (exact) mass is 200 g/mol. The van der Waals surface area contributed by atoms with Crippen LogP contribution >= 0.6 is 0 Å². The highest BCUT2D eigenvalue weighted by atomic mass is 16.6. The summed E-state index contributed by atoms with van der Waals surface area (Å²) in [5, 5.41) is 10.3. The number of hydrogen-bond donors (Lipinski definition) is 1. The molecule has 0 spiro atoms. The van der Waals surface area contributed by atoms with Crippen LogP contribution in [-0.4, -0.2) is 17.5 Å². The van der Waals surface area contributed by atoms with Crippen LogP contribution in [0.5, 0.6) is 0 Å². The van der Waals surface area contributed by atoms with Gasteiger partial charge in [0.25, 0.3) is 0 Å². The molecule has 0 unspecified atom stereocenters. The van der Waals surface area contributed by atoms with Crippen molar-refractivity contribution >= 4 is 0 Å². The van der Waals surface area contributed by atoms with Crippen molar-refractivity contribution in [2.45, 2.75) is 52.7 Å². The van der Waals surface area contributed by atoms with E-state index in [-0.39, 0.29) is 5.41 Å². The van der Waals surface area contributed by atoms with Crippen LogP contribution in [0.2, 0.25) is 0 Å². The zero-order valence-corrected chi connectivity index (χ0v) is 9.97. The van der Waals surface area contributed by atoms with Gasteiger partial charge in [-0.3, -0.25) is 0 Å². The molecule has 0 saturated carbocycles. The number of ether oxygens (including phenoxy) is 1. The Balaban J connectivity index is 4.40. The third-order valence-electron chi connectivity index (χ3n) is 2.48. The molecular formula is C12H24O2. The largest absolute Gasteiger partial charge is 0.365 e. The van der Waals surface area contributed by atoms with Gasteiger partial charge in [0, 0.05) is 11.8 Å². The first-order valence-electron chi connectivity index (χ1n) is 5.34. The summed E-state index contributed by atoms with van der Waals surface area (Å²) in [5.74, 6) is -1.03. The van der Waals surface area contributed by atoms with Gasteiger partial charge in [0.1, 0.15) is 0 Å². The minimum atomic E-state index is -1.03. The number of aliphatic hydroxyl groups is 1. The smallest absolute Gasteiger partial charge is 0.170 e. The third-order valence-corrected chi connectivity index (χ3v) is 2.48. The van der Waals surface area contributed by atoms with Crippen molar-refractivity contribution in [3.05, 3.63) is 12.7 Å². The summed E-state index contributed by atoms with van der Waals surface area (Å²) in [4.78, 5) is 0. The Kier molecular flexibility index (Phi) is 5.38. The van der Waals surface area contributed by atoms with Gasteiger partial charge >= 0.3 is 0 Å². The molecule has 0 heterocycles. The molecule has 1 N–H and O–H groups in total. The van der Waals surface area contributed by atoms with Crippen LogP contribution in [0, 0.1) is 5.41 Å². The fourth-order valence-corrected chi connectivity index (χ4v) is 1.28. The van der Waals surface area contributed by atoms with Gasteiger partial charge in [-0.1, -0.05) is 40.2 Å². The maximum atomic E-state index is 10.3. The van der Waals surface area contributed by atoms with Crippen molar-refractivity contribution in [3.63, 3.8) is 0 Å². The van der Waals surface area contributed by atoms with Crippen LogP contribution in [0.3, 0.4) is 0 Å². The lowest BCUT2D eigenvalue weighted by Crippen LogP contribution is -2.45. The Bertz CT molecular complexity index is 170. The number of hydrogen-bond acceptors (Lipinski definition) is 2. The van der Waals surface area contributed by atoms with Gasteiger partial charge in [-0.25, -0.2) is 0 Å². The second kappa shape index (κ2) is 5.52. The molecule has 0 aromatic carbocycles.